The Labute approximate surface area is 169 Å². The van der Waals surface area contributed by atoms with Crippen LogP contribution in [-0.4, -0.2) is 28.5 Å². The van der Waals surface area contributed by atoms with Gasteiger partial charge in [0.25, 0.3) is 12.3 Å². The molecule has 2 aliphatic rings. The van der Waals surface area contributed by atoms with E-state index in [1.807, 2.05) is 30.7 Å². The molecule has 1 N–H and O–H groups in total. The molecule has 0 spiro atoms. The van der Waals surface area contributed by atoms with E-state index in [1.165, 1.54) is 12.8 Å². The quantitative estimate of drug-likeness (QED) is 0.665. The van der Waals surface area contributed by atoms with E-state index < -0.39 is 18.7 Å². The van der Waals surface area contributed by atoms with Gasteiger partial charge >= 0.3 is 0 Å². The fourth-order valence-corrected chi connectivity index (χ4v) is 3.80. The highest BCUT2D eigenvalue weighted by atomic mass is 19.3. The van der Waals surface area contributed by atoms with Gasteiger partial charge in [0.2, 0.25) is 0 Å². The van der Waals surface area contributed by atoms with Gasteiger partial charge in [-0.25, -0.2) is 13.8 Å². The molecule has 1 aromatic carbocycles. The SMILES string of the molecule is Cc1cn(C(C)(CC2CC2)NC(=O)c2ccc(C3CC3)c(OCC(F)F)c2)cn1. The maximum absolute atomic E-state index is 13.1. The van der Waals surface area contributed by atoms with Gasteiger partial charge in [-0.2, -0.15) is 0 Å². The first-order valence-corrected chi connectivity index (χ1v) is 10.2. The normalized spacial score (nSPS) is 18.5. The van der Waals surface area contributed by atoms with Crippen molar-refractivity contribution in [2.75, 3.05) is 6.61 Å². The van der Waals surface area contributed by atoms with Crippen LogP contribution in [0.2, 0.25) is 0 Å². The van der Waals surface area contributed by atoms with Crippen LogP contribution in [0.1, 0.15) is 66.6 Å². The Bertz CT molecular complexity index is 890. The van der Waals surface area contributed by atoms with E-state index in [0.29, 0.717) is 23.1 Å². The lowest BCUT2D eigenvalue weighted by Crippen LogP contribution is -2.48. The van der Waals surface area contributed by atoms with Crippen molar-refractivity contribution in [1.82, 2.24) is 14.9 Å². The average molecular weight is 403 g/mol. The number of nitrogens with zero attached hydrogens (tertiary/aromatic N) is 2. The monoisotopic (exact) mass is 403 g/mol. The standard InChI is InChI=1S/C22H27F2N3O2/c1-14-11-27(13-25-14)22(2,10-15-3-4-15)26-21(28)17-7-8-18(16-5-6-16)19(9-17)29-12-20(23)24/h7-9,11,13,15-16,20H,3-6,10,12H2,1-2H3,(H,26,28). The van der Waals surface area contributed by atoms with Gasteiger partial charge in [0, 0.05) is 11.8 Å². The summed E-state index contributed by atoms with van der Waals surface area (Å²) in [4.78, 5) is 17.4. The molecule has 1 amide bonds. The minimum absolute atomic E-state index is 0.247. The van der Waals surface area contributed by atoms with Crippen molar-refractivity contribution >= 4 is 5.91 Å². The third kappa shape index (κ3) is 4.77. The first-order chi connectivity index (χ1) is 13.8. The van der Waals surface area contributed by atoms with Gasteiger partial charge in [0.1, 0.15) is 18.0 Å². The van der Waals surface area contributed by atoms with Gasteiger partial charge in [-0.1, -0.05) is 18.9 Å². The van der Waals surface area contributed by atoms with E-state index in [-0.39, 0.29) is 5.91 Å². The van der Waals surface area contributed by atoms with Crippen LogP contribution in [0.15, 0.2) is 30.7 Å². The van der Waals surface area contributed by atoms with Crippen LogP contribution in [0.25, 0.3) is 0 Å². The van der Waals surface area contributed by atoms with Crippen molar-refractivity contribution < 1.29 is 18.3 Å². The summed E-state index contributed by atoms with van der Waals surface area (Å²) < 4.78 is 32.6. The predicted octanol–water partition coefficient (Wildman–Crippen LogP) is 4.62. The lowest BCUT2D eigenvalue weighted by Gasteiger charge is -2.32. The third-order valence-corrected chi connectivity index (χ3v) is 5.71. The molecular weight excluding hydrogens is 376 g/mol. The van der Waals surface area contributed by atoms with Crippen LogP contribution in [0, 0.1) is 12.8 Å². The zero-order chi connectivity index (χ0) is 20.6. The molecule has 5 nitrogen and oxygen atoms in total. The number of benzene rings is 1. The zero-order valence-electron chi connectivity index (χ0n) is 16.8. The number of hydrogen-bond donors (Lipinski definition) is 1. The number of alkyl halides is 2. The van der Waals surface area contributed by atoms with E-state index in [1.54, 1.807) is 18.5 Å². The molecule has 29 heavy (non-hydrogen) atoms. The topological polar surface area (TPSA) is 56.2 Å². The van der Waals surface area contributed by atoms with Gasteiger partial charge in [-0.15, -0.1) is 0 Å². The Balaban J connectivity index is 1.56. The molecule has 2 saturated carbocycles. The smallest absolute Gasteiger partial charge is 0.272 e. The number of aromatic nitrogens is 2. The maximum Gasteiger partial charge on any atom is 0.272 e. The molecule has 2 fully saturated rings. The van der Waals surface area contributed by atoms with Crippen LogP contribution in [-0.2, 0) is 5.66 Å². The number of hydrogen-bond acceptors (Lipinski definition) is 3. The van der Waals surface area contributed by atoms with Crippen LogP contribution >= 0.6 is 0 Å². The van der Waals surface area contributed by atoms with E-state index >= 15 is 0 Å². The summed E-state index contributed by atoms with van der Waals surface area (Å²) in [5, 5.41) is 3.15. The molecule has 2 aliphatic carbocycles. The molecule has 0 radical (unpaired) electrons. The van der Waals surface area contributed by atoms with E-state index in [4.69, 9.17) is 4.74 Å². The second-order valence-corrected chi connectivity index (χ2v) is 8.53. The molecule has 0 aliphatic heterocycles. The maximum atomic E-state index is 13.1. The minimum atomic E-state index is -2.55. The largest absolute Gasteiger partial charge is 0.487 e. The van der Waals surface area contributed by atoms with Gasteiger partial charge in [0.05, 0.1) is 12.0 Å². The second-order valence-electron chi connectivity index (χ2n) is 8.53. The third-order valence-electron chi connectivity index (χ3n) is 5.71. The van der Waals surface area contributed by atoms with Gasteiger partial charge in [-0.3, -0.25) is 4.79 Å². The fourth-order valence-electron chi connectivity index (χ4n) is 3.80. The Hall–Kier alpha value is -2.44. The molecule has 7 heteroatoms. The van der Waals surface area contributed by atoms with Crippen LogP contribution in [0.4, 0.5) is 8.78 Å². The molecule has 4 rings (SSSR count). The minimum Gasteiger partial charge on any atom is -0.487 e. The number of carbonyl (C=O) groups excluding carboxylic acids is 1. The van der Waals surface area contributed by atoms with Gasteiger partial charge in [-0.05, 0) is 62.6 Å². The van der Waals surface area contributed by atoms with Crippen LogP contribution in [0.5, 0.6) is 5.75 Å². The summed E-state index contributed by atoms with van der Waals surface area (Å²) in [7, 11) is 0. The van der Waals surface area contributed by atoms with Crippen molar-refractivity contribution in [2.45, 2.75) is 64.0 Å². The van der Waals surface area contributed by atoms with Crippen molar-refractivity contribution in [3.63, 3.8) is 0 Å². The number of imidazole rings is 1. The number of halogens is 2. The number of ether oxygens (including phenoxy) is 1. The molecule has 0 saturated heterocycles. The first kappa shape index (κ1) is 19.9. The molecule has 0 bridgehead atoms. The highest BCUT2D eigenvalue weighted by Crippen LogP contribution is 2.45. The Kier molecular flexibility index (Phi) is 5.32. The molecule has 1 unspecified atom stereocenters. The van der Waals surface area contributed by atoms with Crippen LogP contribution < -0.4 is 10.1 Å². The summed E-state index contributed by atoms with van der Waals surface area (Å²) in [6.45, 7) is 3.24. The fraction of sp³-hybridized carbons (Fsp3) is 0.545. The highest BCUT2D eigenvalue weighted by molar-refractivity contribution is 5.95. The molecule has 156 valence electrons. The second kappa shape index (κ2) is 7.76. The number of aryl methyl sites for hydroxylation is 1. The summed E-state index contributed by atoms with van der Waals surface area (Å²) in [5.74, 6) is 1.07. The van der Waals surface area contributed by atoms with E-state index in [2.05, 4.69) is 10.3 Å². The summed E-state index contributed by atoms with van der Waals surface area (Å²) in [5.41, 5.74) is 1.61. The molecular formula is C22H27F2N3O2. The van der Waals surface area contributed by atoms with Gasteiger partial charge in [0.15, 0.2) is 0 Å². The molecule has 1 heterocycles. The zero-order valence-corrected chi connectivity index (χ0v) is 16.8. The first-order valence-electron chi connectivity index (χ1n) is 10.2. The number of amides is 1. The highest BCUT2D eigenvalue weighted by Gasteiger charge is 2.36. The summed E-state index contributed by atoms with van der Waals surface area (Å²) in [6.07, 6.45) is 6.32. The molecule has 1 aromatic heterocycles. The molecule has 2 aromatic rings. The predicted molar refractivity (Wildman–Crippen MR) is 105 cm³/mol. The number of rotatable bonds is 9. The lowest BCUT2D eigenvalue weighted by atomic mass is 10.0. The van der Waals surface area contributed by atoms with E-state index in [9.17, 15) is 13.6 Å². The van der Waals surface area contributed by atoms with Crippen molar-refractivity contribution in [1.29, 1.82) is 0 Å². The van der Waals surface area contributed by atoms with E-state index in [0.717, 1.165) is 30.5 Å². The number of nitrogens with one attached hydrogen (secondary N) is 1. The van der Waals surface area contributed by atoms with Crippen molar-refractivity contribution in [2.24, 2.45) is 5.92 Å². The Morgan fingerprint density at radius 3 is 2.69 bits per heavy atom. The summed E-state index contributed by atoms with van der Waals surface area (Å²) in [6, 6.07) is 5.20. The Morgan fingerprint density at radius 1 is 1.34 bits per heavy atom. The van der Waals surface area contributed by atoms with Crippen molar-refractivity contribution in [3.8, 4) is 5.75 Å². The summed E-state index contributed by atoms with van der Waals surface area (Å²) >= 11 is 0. The number of carbonyl (C=O) groups is 1. The Morgan fingerprint density at radius 2 is 2.10 bits per heavy atom. The average Bonchev–Trinajstić information content (AvgIpc) is 3.60. The lowest BCUT2D eigenvalue weighted by molar-refractivity contribution is 0.0809. The molecule has 1 atom stereocenters. The van der Waals surface area contributed by atoms with Crippen LogP contribution in [0.3, 0.4) is 0 Å². The van der Waals surface area contributed by atoms with Crippen molar-refractivity contribution in [3.05, 3.63) is 47.5 Å². The van der Waals surface area contributed by atoms with Gasteiger partial charge < -0.3 is 14.6 Å².